The van der Waals surface area contributed by atoms with Crippen LogP contribution in [0.2, 0.25) is 0 Å². The Morgan fingerprint density at radius 2 is 1.86 bits per heavy atom. The smallest absolute Gasteiger partial charge is 0.328 e. The van der Waals surface area contributed by atoms with Crippen LogP contribution in [0.25, 0.3) is 6.08 Å². The summed E-state index contributed by atoms with van der Waals surface area (Å²) in [6.45, 7) is 2.25. The molecule has 0 bridgehead atoms. The highest BCUT2D eigenvalue weighted by Gasteiger charge is 2.21. The monoisotopic (exact) mass is 288 g/mol. The Bertz CT molecular complexity index is 531. The largest absolute Gasteiger partial charge is 0.478 e. The van der Waals surface area contributed by atoms with E-state index >= 15 is 0 Å². The number of hydrogen-bond donors (Lipinski definition) is 1. The second kappa shape index (κ2) is 6.92. The molecule has 2 rings (SSSR count). The number of hydrogen-bond acceptors (Lipinski definition) is 2. The van der Waals surface area contributed by atoms with Crippen molar-refractivity contribution >= 4 is 18.1 Å². The molecule has 5 heteroatoms. The highest BCUT2D eigenvalue weighted by molar-refractivity contribution is 5.85. The molecule has 21 heavy (non-hydrogen) atoms. The summed E-state index contributed by atoms with van der Waals surface area (Å²) in [4.78, 5) is 26.2. The predicted octanol–water partition coefficient (Wildman–Crippen LogP) is 2.43. The summed E-state index contributed by atoms with van der Waals surface area (Å²) in [5.41, 5.74) is 1.85. The first-order valence-electron chi connectivity index (χ1n) is 7.06. The van der Waals surface area contributed by atoms with Crippen molar-refractivity contribution in [3.63, 3.8) is 0 Å². The summed E-state index contributed by atoms with van der Waals surface area (Å²) < 4.78 is 0. The minimum atomic E-state index is -0.963. The minimum absolute atomic E-state index is 0.0716. The van der Waals surface area contributed by atoms with Crippen LogP contribution in [0.4, 0.5) is 4.79 Å². The highest BCUT2D eigenvalue weighted by Crippen LogP contribution is 2.13. The number of carboxylic acids is 1. The van der Waals surface area contributed by atoms with Crippen LogP contribution in [0, 0.1) is 0 Å². The zero-order valence-electron chi connectivity index (χ0n) is 12.2. The lowest BCUT2D eigenvalue weighted by Gasteiger charge is -2.24. The van der Waals surface area contributed by atoms with E-state index in [9.17, 15) is 9.59 Å². The van der Waals surface area contributed by atoms with Crippen molar-refractivity contribution in [3.05, 3.63) is 41.5 Å². The van der Waals surface area contributed by atoms with Crippen molar-refractivity contribution in [2.45, 2.75) is 19.4 Å². The van der Waals surface area contributed by atoms with Gasteiger partial charge in [0, 0.05) is 32.8 Å². The third-order valence-electron chi connectivity index (χ3n) is 3.52. The molecule has 1 aliphatic heterocycles. The molecule has 0 aliphatic carbocycles. The molecule has 1 heterocycles. The van der Waals surface area contributed by atoms with E-state index in [-0.39, 0.29) is 6.03 Å². The number of likely N-dealkylation sites (tertiary alicyclic amines) is 1. The predicted molar refractivity (Wildman–Crippen MR) is 80.8 cm³/mol. The molecular weight excluding hydrogens is 268 g/mol. The van der Waals surface area contributed by atoms with Gasteiger partial charge in [-0.2, -0.15) is 0 Å². The van der Waals surface area contributed by atoms with Crippen molar-refractivity contribution in [1.29, 1.82) is 0 Å². The van der Waals surface area contributed by atoms with Gasteiger partial charge in [-0.25, -0.2) is 9.59 Å². The van der Waals surface area contributed by atoms with Crippen LogP contribution in [0.15, 0.2) is 30.3 Å². The Morgan fingerprint density at radius 3 is 2.43 bits per heavy atom. The number of carboxylic acid groups (broad SMARTS) is 1. The van der Waals surface area contributed by atoms with Gasteiger partial charge in [-0.15, -0.1) is 0 Å². The first-order valence-corrected chi connectivity index (χ1v) is 7.06. The Morgan fingerprint density at radius 1 is 1.24 bits per heavy atom. The van der Waals surface area contributed by atoms with Gasteiger partial charge in [-0.1, -0.05) is 24.3 Å². The average Bonchev–Trinajstić information content (AvgIpc) is 2.99. The zero-order valence-corrected chi connectivity index (χ0v) is 12.2. The van der Waals surface area contributed by atoms with Gasteiger partial charge >= 0.3 is 12.0 Å². The van der Waals surface area contributed by atoms with Crippen molar-refractivity contribution in [2.24, 2.45) is 0 Å². The third kappa shape index (κ3) is 4.34. The quantitative estimate of drug-likeness (QED) is 0.866. The number of urea groups is 1. The molecule has 0 aromatic heterocycles. The van der Waals surface area contributed by atoms with Crippen LogP contribution >= 0.6 is 0 Å². The fourth-order valence-corrected chi connectivity index (χ4v) is 2.39. The summed E-state index contributed by atoms with van der Waals surface area (Å²) in [5, 5.41) is 8.58. The summed E-state index contributed by atoms with van der Waals surface area (Å²) in [6, 6.07) is 7.60. The summed E-state index contributed by atoms with van der Waals surface area (Å²) >= 11 is 0. The molecule has 1 N–H and O–H groups in total. The molecule has 0 atom stereocenters. The van der Waals surface area contributed by atoms with E-state index in [1.807, 2.05) is 29.2 Å². The van der Waals surface area contributed by atoms with Gasteiger partial charge in [0.2, 0.25) is 0 Å². The Labute approximate surface area is 124 Å². The SMILES string of the molecule is CN(Cc1ccc(C=CC(=O)O)cc1)C(=O)N1CCCC1. The number of nitrogens with zero attached hydrogens (tertiary/aromatic N) is 2. The van der Waals surface area contributed by atoms with Crippen molar-refractivity contribution < 1.29 is 14.7 Å². The lowest BCUT2D eigenvalue weighted by molar-refractivity contribution is -0.131. The molecule has 0 saturated carbocycles. The number of rotatable bonds is 4. The normalized spacial score (nSPS) is 14.6. The lowest BCUT2D eigenvalue weighted by atomic mass is 10.1. The topological polar surface area (TPSA) is 60.9 Å². The molecule has 0 radical (unpaired) electrons. The van der Waals surface area contributed by atoms with Gasteiger partial charge in [-0.3, -0.25) is 0 Å². The van der Waals surface area contributed by atoms with Crippen LogP contribution in [-0.4, -0.2) is 47.0 Å². The fourth-order valence-electron chi connectivity index (χ4n) is 2.39. The number of carbonyl (C=O) groups is 2. The first-order chi connectivity index (χ1) is 10.1. The van der Waals surface area contributed by atoms with E-state index in [0.29, 0.717) is 6.54 Å². The Balaban J connectivity index is 1.93. The van der Waals surface area contributed by atoms with Crippen LogP contribution in [0.5, 0.6) is 0 Å². The van der Waals surface area contributed by atoms with Gasteiger partial charge < -0.3 is 14.9 Å². The van der Waals surface area contributed by atoms with E-state index in [1.165, 1.54) is 0 Å². The van der Waals surface area contributed by atoms with Gasteiger partial charge in [0.25, 0.3) is 0 Å². The molecular formula is C16H20N2O3. The molecule has 1 aromatic carbocycles. The molecule has 0 unspecified atom stereocenters. The molecule has 0 spiro atoms. The number of amides is 2. The van der Waals surface area contributed by atoms with Crippen molar-refractivity contribution in [3.8, 4) is 0 Å². The van der Waals surface area contributed by atoms with E-state index in [2.05, 4.69) is 0 Å². The molecule has 2 amide bonds. The van der Waals surface area contributed by atoms with E-state index in [4.69, 9.17) is 5.11 Å². The Kier molecular flexibility index (Phi) is 4.98. The Hall–Kier alpha value is -2.30. The summed E-state index contributed by atoms with van der Waals surface area (Å²) in [5.74, 6) is -0.963. The summed E-state index contributed by atoms with van der Waals surface area (Å²) in [7, 11) is 1.80. The highest BCUT2D eigenvalue weighted by atomic mass is 16.4. The number of carbonyl (C=O) groups excluding carboxylic acids is 1. The minimum Gasteiger partial charge on any atom is -0.478 e. The molecule has 1 aromatic rings. The first kappa shape index (κ1) is 15.1. The summed E-state index contributed by atoms with van der Waals surface area (Å²) in [6.07, 6.45) is 4.83. The average molecular weight is 288 g/mol. The number of aliphatic carboxylic acids is 1. The van der Waals surface area contributed by atoms with Gasteiger partial charge in [0.1, 0.15) is 0 Å². The van der Waals surface area contributed by atoms with Crippen LogP contribution < -0.4 is 0 Å². The lowest BCUT2D eigenvalue weighted by Crippen LogP contribution is -2.38. The zero-order chi connectivity index (χ0) is 15.2. The van der Waals surface area contributed by atoms with Crippen molar-refractivity contribution in [1.82, 2.24) is 9.80 Å². The number of benzene rings is 1. The van der Waals surface area contributed by atoms with Gasteiger partial charge in [0.15, 0.2) is 0 Å². The second-order valence-corrected chi connectivity index (χ2v) is 5.25. The standard InChI is InChI=1S/C16H20N2O3/c1-17(16(21)18-10-2-3-11-18)12-14-6-4-13(5-7-14)8-9-15(19)20/h4-9H,2-3,10-12H2,1H3,(H,19,20). The van der Waals surface area contributed by atoms with E-state index < -0.39 is 5.97 Å². The maximum Gasteiger partial charge on any atom is 0.328 e. The molecule has 5 nitrogen and oxygen atoms in total. The van der Waals surface area contributed by atoms with E-state index in [1.54, 1.807) is 18.0 Å². The fraction of sp³-hybridized carbons (Fsp3) is 0.375. The third-order valence-corrected chi connectivity index (χ3v) is 3.52. The molecule has 1 aliphatic rings. The van der Waals surface area contributed by atoms with E-state index in [0.717, 1.165) is 43.1 Å². The maximum atomic E-state index is 12.2. The van der Waals surface area contributed by atoms with Crippen molar-refractivity contribution in [2.75, 3.05) is 20.1 Å². The maximum absolute atomic E-state index is 12.2. The molecule has 1 saturated heterocycles. The second-order valence-electron chi connectivity index (χ2n) is 5.25. The molecule has 1 fully saturated rings. The van der Waals surface area contributed by atoms with Crippen LogP contribution in [-0.2, 0) is 11.3 Å². The molecule has 112 valence electrons. The van der Waals surface area contributed by atoms with Gasteiger partial charge in [-0.05, 0) is 30.0 Å². The van der Waals surface area contributed by atoms with Crippen LogP contribution in [0.1, 0.15) is 24.0 Å². The van der Waals surface area contributed by atoms with Gasteiger partial charge in [0.05, 0.1) is 0 Å². The van der Waals surface area contributed by atoms with Crippen LogP contribution in [0.3, 0.4) is 0 Å².